The lowest BCUT2D eigenvalue weighted by atomic mass is 10.2. The number of fused-ring (bicyclic) bond motifs is 1. The molecule has 1 atom stereocenters. The van der Waals surface area contributed by atoms with Gasteiger partial charge in [-0.3, -0.25) is 0 Å². The number of likely N-dealkylation sites (N-methyl/N-ethyl adjacent to an activating group) is 1. The number of urea groups is 1. The first-order valence-corrected chi connectivity index (χ1v) is 9.48. The van der Waals surface area contributed by atoms with Crippen molar-refractivity contribution in [1.29, 1.82) is 0 Å². The van der Waals surface area contributed by atoms with Gasteiger partial charge in [-0.25, -0.2) is 13.6 Å². The molecule has 1 heterocycles. The number of alkyl halides is 4. The maximum Gasteiger partial charge on any atom is 0.330 e. The highest BCUT2D eigenvalue weighted by molar-refractivity contribution is 5.89. The Morgan fingerprint density at radius 1 is 1.23 bits per heavy atom. The minimum atomic E-state index is -4.21. The van der Waals surface area contributed by atoms with Gasteiger partial charge in [-0.05, 0) is 29.8 Å². The van der Waals surface area contributed by atoms with Crippen LogP contribution in [-0.2, 0) is 11.3 Å². The minimum absolute atomic E-state index is 0.270. The van der Waals surface area contributed by atoms with Crippen LogP contribution in [0.2, 0.25) is 0 Å². The summed E-state index contributed by atoms with van der Waals surface area (Å²) in [5.74, 6) is -2.95. The second-order valence-electron chi connectivity index (χ2n) is 7.06. The van der Waals surface area contributed by atoms with Crippen LogP contribution in [0.1, 0.15) is 5.56 Å². The number of hydrogen-bond acceptors (Lipinski definition) is 4. The summed E-state index contributed by atoms with van der Waals surface area (Å²) in [5, 5.41) is 2.68. The molecule has 1 aliphatic rings. The van der Waals surface area contributed by atoms with E-state index >= 15 is 0 Å². The molecular formula is C21H22F4N2O4. The van der Waals surface area contributed by atoms with Crippen molar-refractivity contribution in [2.45, 2.75) is 25.1 Å². The molecule has 0 radical (unpaired) electrons. The SMILES string of the molecule is CN(CC1COc2ccccc2O1)C(=O)Nc1cccc(COCC(F)(F)C(F)F)c1. The van der Waals surface area contributed by atoms with E-state index in [-0.39, 0.29) is 19.3 Å². The van der Waals surface area contributed by atoms with Gasteiger partial charge in [-0.15, -0.1) is 0 Å². The monoisotopic (exact) mass is 442 g/mol. The molecule has 31 heavy (non-hydrogen) atoms. The van der Waals surface area contributed by atoms with Crippen molar-refractivity contribution in [3.8, 4) is 11.5 Å². The zero-order valence-electron chi connectivity index (χ0n) is 16.7. The number of carbonyl (C=O) groups is 1. The minimum Gasteiger partial charge on any atom is -0.486 e. The first kappa shape index (κ1) is 22.7. The number of nitrogens with zero attached hydrogens (tertiary/aromatic N) is 1. The molecule has 0 aromatic heterocycles. The third-order valence-corrected chi connectivity index (χ3v) is 4.45. The highest BCUT2D eigenvalue weighted by atomic mass is 19.3. The summed E-state index contributed by atoms with van der Waals surface area (Å²) in [6.07, 6.45) is -4.14. The molecule has 10 heteroatoms. The molecule has 2 aromatic carbocycles. The van der Waals surface area contributed by atoms with E-state index in [0.29, 0.717) is 29.4 Å². The second-order valence-corrected chi connectivity index (χ2v) is 7.06. The summed E-state index contributed by atoms with van der Waals surface area (Å²) < 4.78 is 66.3. The maximum absolute atomic E-state index is 12.9. The number of para-hydroxylation sites is 2. The quantitative estimate of drug-likeness (QED) is 0.616. The Morgan fingerprint density at radius 3 is 2.71 bits per heavy atom. The van der Waals surface area contributed by atoms with Crippen LogP contribution in [0.4, 0.5) is 28.0 Å². The second kappa shape index (κ2) is 9.86. The van der Waals surface area contributed by atoms with E-state index < -0.39 is 25.0 Å². The Hall–Kier alpha value is -3.01. The Balaban J connectivity index is 1.49. The van der Waals surface area contributed by atoms with E-state index in [1.54, 1.807) is 37.4 Å². The van der Waals surface area contributed by atoms with Crippen LogP contribution in [0.3, 0.4) is 0 Å². The van der Waals surface area contributed by atoms with Gasteiger partial charge < -0.3 is 24.4 Å². The fourth-order valence-corrected chi connectivity index (χ4v) is 2.87. The molecule has 2 aromatic rings. The van der Waals surface area contributed by atoms with Crippen LogP contribution in [0, 0.1) is 0 Å². The fraction of sp³-hybridized carbons (Fsp3) is 0.381. The van der Waals surface area contributed by atoms with Crippen molar-refractivity contribution in [1.82, 2.24) is 4.90 Å². The summed E-state index contributed by atoms with van der Waals surface area (Å²) >= 11 is 0. The largest absolute Gasteiger partial charge is 0.486 e. The number of carbonyl (C=O) groups excluding carboxylic acids is 1. The lowest BCUT2D eigenvalue weighted by molar-refractivity contribution is -0.168. The number of halogens is 4. The lowest BCUT2D eigenvalue weighted by Gasteiger charge is -2.29. The van der Waals surface area contributed by atoms with Gasteiger partial charge in [0.25, 0.3) is 0 Å². The van der Waals surface area contributed by atoms with Crippen LogP contribution in [0.5, 0.6) is 11.5 Å². The van der Waals surface area contributed by atoms with E-state index in [1.807, 2.05) is 12.1 Å². The van der Waals surface area contributed by atoms with Crippen LogP contribution in [0.15, 0.2) is 48.5 Å². The summed E-state index contributed by atoms with van der Waals surface area (Å²) in [6.45, 7) is -1.12. The van der Waals surface area contributed by atoms with Gasteiger partial charge in [0.15, 0.2) is 17.6 Å². The molecule has 0 aliphatic carbocycles. The molecule has 0 saturated carbocycles. The third kappa shape index (κ3) is 6.24. The summed E-state index contributed by atoms with van der Waals surface area (Å²) in [7, 11) is 1.60. The van der Waals surface area contributed by atoms with E-state index in [1.165, 1.54) is 11.0 Å². The highest BCUT2D eigenvalue weighted by Gasteiger charge is 2.40. The number of amides is 2. The number of rotatable bonds is 8. The first-order chi connectivity index (χ1) is 14.7. The molecule has 168 valence electrons. The van der Waals surface area contributed by atoms with Crippen LogP contribution in [0.25, 0.3) is 0 Å². The standard InChI is InChI=1S/C21H22F4N2O4/c1-27(10-16-12-30-17-7-2-3-8-18(17)31-16)20(28)26-15-6-4-5-14(9-15)11-29-13-21(24,25)19(22)23/h2-9,16,19H,10-13H2,1H3,(H,26,28). The Kier molecular flexibility index (Phi) is 7.21. The predicted octanol–water partition coefficient (Wildman–Crippen LogP) is 4.41. The topological polar surface area (TPSA) is 60.0 Å². The van der Waals surface area contributed by atoms with Crippen molar-refractivity contribution in [3.63, 3.8) is 0 Å². The van der Waals surface area contributed by atoms with E-state index in [9.17, 15) is 22.4 Å². The number of hydrogen-bond donors (Lipinski definition) is 1. The zero-order valence-corrected chi connectivity index (χ0v) is 16.7. The molecular weight excluding hydrogens is 420 g/mol. The fourth-order valence-electron chi connectivity index (χ4n) is 2.87. The molecule has 1 aliphatic heterocycles. The first-order valence-electron chi connectivity index (χ1n) is 9.48. The summed E-state index contributed by atoms with van der Waals surface area (Å²) in [4.78, 5) is 13.9. The van der Waals surface area contributed by atoms with Crippen molar-refractivity contribution >= 4 is 11.7 Å². The van der Waals surface area contributed by atoms with Gasteiger partial charge in [0.1, 0.15) is 13.2 Å². The number of benzene rings is 2. The van der Waals surface area contributed by atoms with Crippen molar-refractivity contribution in [2.75, 3.05) is 32.1 Å². The van der Waals surface area contributed by atoms with E-state index in [2.05, 4.69) is 5.32 Å². The molecule has 0 saturated heterocycles. The molecule has 1 unspecified atom stereocenters. The van der Waals surface area contributed by atoms with Crippen molar-refractivity contribution < 1.29 is 36.6 Å². The number of anilines is 1. The van der Waals surface area contributed by atoms with Crippen LogP contribution < -0.4 is 14.8 Å². The average Bonchev–Trinajstić information content (AvgIpc) is 2.73. The predicted molar refractivity (Wildman–Crippen MR) is 105 cm³/mol. The number of nitrogens with one attached hydrogen (secondary N) is 1. The molecule has 2 amide bonds. The smallest absolute Gasteiger partial charge is 0.330 e. The van der Waals surface area contributed by atoms with Gasteiger partial charge >= 0.3 is 18.4 Å². The molecule has 3 rings (SSSR count). The summed E-state index contributed by atoms with van der Waals surface area (Å²) in [6, 6.07) is 13.1. The summed E-state index contributed by atoms with van der Waals surface area (Å²) in [5.41, 5.74) is 0.857. The van der Waals surface area contributed by atoms with Gasteiger partial charge in [0.05, 0.1) is 13.2 Å². The maximum atomic E-state index is 12.9. The van der Waals surface area contributed by atoms with Crippen LogP contribution in [-0.4, -0.2) is 56.2 Å². The molecule has 6 nitrogen and oxygen atoms in total. The Morgan fingerprint density at radius 2 is 1.97 bits per heavy atom. The number of ether oxygens (including phenoxy) is 3. The Labute approximate surface area is 176 Å². The van der Waals surface area contributed by atoms with Gasteiger partial charge in [0.2, 0.25) is 0 Å². The van der Waals surface area contributed by atoms with Gasteiger partial charge in [-0.2, -0.15) is 8.78 Å². The Bertz CT molecular complexity index is 897. The highest BCUT2D eigenvalue weighted by Crippen LogP contribution is 2.31. The normalized spacial score (nSPS) is 15.6. The lowest BCUT2D eigenvalue weighted by Crippen LogP contribution is -2.43. The van der Waals surface area contributed by atoms with E-state index in [4.69, 9.17) is 14.2 Å². The molecule has 0 bridgehead atoms. The van der Waals surface area contributed by atoms with Crippen LogP contribution >= 0.6 is 0 Å². The van der Waals surface area contributed by atoms with Crippen molar-refractivity contribution in [3.05, 3.63) is 54.1 Å². The zero-order chi connectivity index (χ0) is 22.4. The molecule has 0 spiro atoms. The molecule has 1 N–H and O–H groups in total. The van der Waals surface area contributed by atoms with Gasteiger partial charge in [-0.1, -0.05) is 24.3 Å². The third-order valence-electron chi connectivity index (χ3n) is 4.45. The van der Waals surface area contributed by atoms with Crippen molar-refractivity contribution in [2.24, 2.45) is 0 Å². The average molecular weight is 442 g/mol. The van der Waals surface area contributed by atoms with Gasteiger partial charge in [0, 0.05) is 12.7 Å². The molecule has 0 fully saturated rings. The van der Waals surface area contributed by atoms with E-state index in [0.717, 1.165) is 0 Å².